The van der Waals surface area contributed by atoms with E-state index in [4.69, 9.17) is 15.2 Å². The molecule has 1 rings (SSSR count). The standard InChI is InChI=1S/C12H20N4O3/c1-4-8(7-13)5-9(17)14-12-15-10(18-2)6-11(16-12)19-3/h6,8H,4-5,7,13H2,1-3H3,(H,14,15,16,17). The first-order valence-electron chi connectivity index (χ1n) is 6.09. The molecule has 1 heterocycles. The summed E-state index contributed by atoms with van der Waals surface area (Å²) in [7, 11) is 2.96. The second-order valence-corrected chi connectivity index (χ2v) is 4.04. The van der Waals surface area contributed by atoms with Crippen LogP contribution < -0.4 is 20.5 Å². The van der Waals surface area contributed by atoms with Crippen LogP contribution in [0.2, 0.25) is 0 Å². The minimum absolute atomic E-state index is 0.160. The van der Waals surface area contributed by atoms with Crippen molar-refractivity contribution in [3.63, 3.8) is 0 Å². The number of hydrogen-bond donors (Lipinski definition) is 2. The molecule has 0 spiro atoms. The summed E-state index contributed by atoms with van der Waals surface area (Å²) >= 11 is 0. The second-order valence-electron chi connectivity index (χ2n) is 4.04. The highest BCUT2D eigenvalue weighted by molar-refractivity contribution is 5.89. The van der Waals surface area contributed by atoms with Gasteiger partial charge in [-0.3, -0.25) is 10.1 Å². The van der Waals surface area contributed by atoms with E-state index >= 15 is 0 Å². The van der Waals surface area contributed by atoms with Crippen molar-refractivity contribution in [2.75, 3.05) is 26.1 Å². The molecule has 7 nitrogen and oxygen atoms in total. The first-order chi connectivity index (χ1) is 9.12. The van der Waals surface area contributed by atoms with Crippen LogP contribution in [0.25, 0.3) is 0 Å². The molecule has 1 unspecified atom stereocenters. The van der Waals surface area contributed by atoms with Crippen molar-refractivity contribution in [2.45, 2.75) is 19.8 Å². The number of aromatic nitrogens is 2. The molecule has 106 valence electrons. The van der Waals surface area contributed by atoms with Crippen LogP contribution in [-0.4, -0.2) is 36.6 Å². The van der Waals surface area contributed by atoms with Gasteiger partial charge in [-0.05, 0) is 12.5 Å². The van der Waals surface area contributed by atoms with Crippen molar-refractivity contribution in [2.24, 2.45) is 11.7 Å². The fourth-order valence-corrected chi connectivity index (χ4v) is 1.50. The van der Waals surface area contributed by atoms with Gasteiger partial charge in [-0.25, -0.2) is 0 Å². The molecule has 0 aliphatic carbocycles. The monoisotopic (exact) mass is 268 g/mol. The molecule has 7 heteroatoms. The molecule has 0 fully saturated rings. The zero-order valence-electron chi connectivity index (χ0n) is 11.5. The van der Waals surface area contributed by atoms with Gasteiger partial charge in [0, 0.05) is 6.42 Å². The van der Waals surface area contributed by atoms with E-state index in [2.05, 4.69) is 15.3 Å². The van der Waals surface area contributed by atoms with Gasteiger partial charge in [0.2, 0.25) is 23.6 Å². The van der Waals surface area contributed by atoms with Gasteiger partial charge in [-0.2, -0.15) is 9.97 Å². The Morgan fingerprint density at radius 3 is 2.37 bits per heavy atom. The Bertz CT molecular complexity index is 399. The van der Waals surface area contributed by atoms with E-state index in [1.54, 1.807) is 0 Å². The van der Waals surface area contributed by atoms with Gasteiger partial charge in [-0.1, -0.05) is 13.3 Å². The quantitative estimate of drug-likeness (QED) is 0.759. The molecule has 0 aliphatic rings. The molecule has 1 aromatic heterocycles. The topological polar surface area (TPSA) is 99.4 Å². The minimum atomic E-state index is -0.174. The molecule has 1 amide bonds. The van der Waals surface area contributed by atoms with Crippen LogP contribution in [0.5, 0.6) is 11.8 Å². The lowest BCUT2D eigenvalue weighted by Crippen LogP contribution is -2.22. The molecule has 1 atom stereocenters. The fraction of sp³-hybridized carbons (Fsp3) is 0.583. The maximum absolute atomic E-state index is 11.8. The highest BCUT2D eigenvalue weighted by Crippen LogP contribution is 2.17. The maximum atomic E-state index is 11.8. The lowest BCUT2D eigenvalue weighted by Gasteiger charge is -2.12. The molecular formula is C12H20N4O3. The number of rotatable bonds is 7. The lowest BCUT2D eigenvalue weighted by molar-refractivity contribution is -0.117. The van der Waals surface area contributed by atoms with E-state index in [9.17, 15) is 4.79 Å². The summed E-state index contributed by atoms with van der Waals surface area (Å²) in [5.41, 5.74) is 5.57. The van der Waals surface area contributed by atoms with E-state index in [1.807, 2.05) is 6.92 Å². The number of hydrogen-bond acceptors (Lipinski definition) is 6. The third kappa shape index (κ3) is 4.70. The van der Waals surface area contributed by atoms with Crippen LogP contribution in [0.15, 0.2) is 6.07 Å². The van der Waals surface area contributed by atoms with Gasteiger partial charge < -0.3 is 15.2 Å². The van der Waals surface area contributed by atoms with Crippen LogP contribution in [-0.2, 0) is 4.79 Å². The van der Waals surface area contributed by atoms with Gasteiger partial charge in [-0.15, -0.1) is 0 Å². The number of amides is 1. The van der Waals surface area contributed by atoms with Gasteiger partial charge in [0.15, 0.2) is 0 Å². The van der Waals surface area contributed by atoms with Crippen molar-refractivity contribution in [1.82, 2.24) is 9.97 Å². The average Bonchev–Trinajstić information content (AvgIpc) is 2.44. The number of anilines is 1. The van der Waals surface area contributed by atoms with E-state index in [1.165, 1.54) is 20.3 Å². The molecule has 0 saturated carbocycles. The van der Waals surface area contributed by atoms with Crippen LogP contribution >= 0.6 is 0 Å². The molecule has 1 aromatic rings. The second kappa shape index (κ2) is 7.52. The maximum Gasteiger partial charge on any atom is 0.236 e. The summed E-state index contributed by atoms with van der Waals surface area (Å²) in [6.45, 7) is 2.47. The number of carbonyl (C=O) groups excluding carboxylic acids is 1. The Morgan fingerprint density at radius 1 is 1.37 bits per heavy atom. The third-order valence-corrected chi connectivity index (χ3v) is 2.73. The number of methoxy groups -OCH3 is 2. The first-order valence-corrected chi connectivity index (χ1v) is 6.09. The summed E-state index contributed by atoms with van der Waals surface area (Å²) < 4.78 is 10.00. The number of ether oxygens (including phenoxy) is 2. The zero-order valence-corrected chi connectivity index (χ0v) is 11.5. The molecule has 0 radical (unpaired) electrons. The van der Waals surface area contributed by atoms with Crippen molar-refractivity contribution < 1.29 is 14.3 Å². The fourth-order valence-electron chi connectivity index (χ4n) is 1.50. The number of carbonyl (C=O) groups is 1. The molecular weight excluding hydrogens is 248 g/mol. The van der Waals surface area contributed by atoms with E-state index in [0.29, 0.717) is 24.7 Å². The number of nitrogens with two attached hydrogens (primary N) is 1. The first kappa shape index (κ1) is 15.2. The molecule has 3 N–H and O–H groups in total. The van der Waals surface area contributed by atoms with Gasteiger partial charge in [0.25, 0.3) is 0 Å². The largest absolute Gasteiger partial charge is 0.481 e. The Kier molecular flexibility index (Phi) is 6.01. The van der Waals surface area contributed by atoms with E-state index in [-0.39, 0.29) is 17.8 Å². The van der Waals surface area contributed by atoms with Crippen molar-refractivity contribution in [3.8, 4) is 11.8 Å². The Balaban J connectivity index is 2.72. The predicted octanol–water partition coefficient (Wildman–Crippen LogP) is 0.807. The highest BCUT2D eigenvalue weighted by Gasteiger charge is 2.13. The molecule has 0 bridgehead atoms. The smallest absolute Gasteiger partial charge is 0.236 e. The Labute approximate surface area is 112 Å². The normalized spacial score (nSPS) is 11.8. The lowest BCUT2D eigenvalue weighted by atomic mass is 10.0. The van der Waals surface area contributed by atoms with Gasteiger partial charge in [0.05, 0.1) is 20.3 Å². The molecule has 0 aromatic carbocycles. The summed E-state index contributed by atoms with van der Waals surface area (Å²) in [5, 5.41) is 2.61. The number of nitrogens with one attached hydrogen (secondary N) is 1. The van der Waals surface area contributed by atoms with Crippen LogP contribution in [0.1, 0.15) is 19.8 Å². The van der Waals surface area contributed by atoms with Crippen molar-refractivity contribution in [1.29, 1.82) is 0 Å². The average molecular weight is 268 g/mol. The van der Waals surface area contributed by atoms with Crippen LogP contribution in [0.4, 0.5) is 5.95 Å². The number of nitrogens with zero attached hydrogens (tertiary/aromatic N) is 2. The molecule has 0 saturated heterocycles. The summed E-state index contributed by atoms with van der Waals surface area (Å²) in [4.78, 5) is 19.9. The third-order valence-electron chi connectivity index (χ3n) is 2.73. The Hall–Kier alpha value is -1.89. The zero-order chi connectivity index (χ0) is 14.3. The molecule has 19 heavy (non-hydrogen) atoms. The van der Waals surface area contributed by atoms with Crippen LogP contribution in [0.3, 0.4) is 0 Å². The van der Waals surface area contributed by atoms with Gasteiger partial charge in [0.1, 0.15) is 0 Å². The SMILES string of the molecule is CCC(CN)CC(=O)Nc1nc(OC)cc(OC)n1. The summed E-state index contributed by atoms with van der Waals surface area (Å²) in [6, 6.07) is 1.53. The Morgan fingerprint density at radius 2 is 1.95 bits per heavy atom. The minimum Gasteiger partial charge on any atom is -0.481 e. The molecule has 0 aliphatic heterocycles. The van der Waals surface area contributed by atoms with Crippen molar-refractivity contribution >= 4 is 11.9 Å². The van der Waals surface area contributed by atoms with Crippen LogP contribution in [0, 0.1) is 5.92 Å². The van der Waals surface area contributed by atoms with E-state index < -0.39 is 0 Å². The van der Waals surface area contributed by atoms with E-state index in [0.717, 1.165) is 6.42 Å². The summed E-state index contributed by atoms with van der Waals surface area (Å²) in [5.74, 6) is 0.800. The summed E-state index contributed by atoms with van der Waals surface area (Å²) in [6.07, 6.45) is 1.20. The predicted molar refractivity (Wildman–Crippen MR) is 71.2 cm³/mol. The highest BCUT2D eigenvalue weighted by atomic mass is 16.5. The van der Waals surface area contributed by atoms with Crippen molar-refractivity contribution in [3.05, 3.63) is 6.07 Å². The van der Waals surface area contributed by atoms with Gasteiger partial charge >= 0.3 is 0 Å².